The van der Waals surface area contributed by atoms with Gasteiger partial charge in [-0.15, -0.1) is 0 Å². The van der Waals surface area contributed by atoms with Crippen LogP contribution in [0.4, 0.5) is 0 Å². The van der Waals surface area contributed by atoms with E-state index in [1.807, 2.05) is 6.07 Å². The summed E-state index contributed by atoms with van der Waals surface area (Å²) in [6, 6.07) is 6.89. The molecular formula is C20H16Br3N3O5. The second kappa shape index (κ2) is 9.49. The van der Waals surface area contributed by atoms with Gasteiger partial charge in [0.05, 0.1) is 28.7 Å². The Morgan fingerprint density at radius 3 is 2.61 bits per heavy atom. The van der Waals surface area contributed by atoms with E-state index >= 15 is 0 Å². The third kappa shape index (κ3) is 4.83. The summed E-state index contributed by atoms with van der Waals surface area (Å²) in [6.45, 7) is 3.10. The smallest absolute Gasteiger partial charge is 0.344 e. The number of carboxylic acids is 1. The molecule has 31 heavy (non-hydrogen) atoms. The lowest BCUT2D eigenvalue weighted by atomic mass is 10.2. The third-order valence-corrected chi connectivity index (χ3v) is 6.94. The number of carboxylic acid groups (broad SMARTS) is 1. The van der Waals surface area contributed by atoms with E-state index in [0.29, 0.717) is 37.0 Å². The number of nitrogens with zero attached hydrogens (tertiary/aromatic N) is 3. The van der Waals surface area contributed by atoms with Crippen molar-refractivity contribution in [2.24, 2.45) is 5.10 Å². The molecule has 162 valence electrons. The van der Waals surface area contributed by atoms with Gasteiger partial charge in [0.2, 0.25) is 0 Å². The van der Waals surface area contributed by atoms with Crippen molar-refractivity contribution in [1.29, 1.82) is 0 Å². The van der Waals surface area contributed by atoms with Crippen LogP contribution in [0, 0.1) is 6.92 Å². The van der Waals surface area contributed by atoms with E-state index in [-0.39, 0.29) is 11.3 Å². The monoisotopic (exact) mass is 615 g/mol. The minimum atomic E-state index is -1.11. The first-order chi connectivity index (χ1) is 14.6. The summed E-state index contributed by atoms with van der Waals surface area (Å²) in [5, 5.41) is 13.9. The summed E-state index contributed by atoms with van der Waals surface area (Å²) < 4.78 is 13.8. The topological polar surface area (TPSA) is 103 Å². The number of aliphatic carboxylic acids is 1. The Morgan fingerprint density at radius 2 is 1.97 bits per heavy atom. The number of carbonyl (C=O) groups is 1. The molecule has 11 heteroatoms. The van der Waals surface area contributed by atoms with E-state index in [9.17, 15) is 9.59 Å². The zero-order valence-electron chi connectivity index (χ0n) is 16.5. The maximum absolute atomic E-state index is 12.9. The number of hydrogen-bond acceptors (Lipinski definition) is 6. The van der Waals surface area contributed by atoms with Crippen molar-refractivity contribution in [1.82, 2.24) is 9.66 Å². The van der Waals surface area contributed by atoms with Crippen LogP contribution in [0.2, 0.25) is 0 Å². The molecule has 0 aliphatic heterocycles. The first-order valence-corrected chi connectivity index (χ1v) is 11.2. The summed E-state index contributed by atoms with van der Waals surface area (Å²) in [7, 11) is 1.44. The molecule has 1 aromatic heterocycles. The van der Waals surface area contributed by atoms with Crippen LogP contribution < -0.4 is 15.0 Å². The fraction of sp³-hybridized carbons (Fsp3) is 0.200. The molecule has 2 aromatic carbocycles. The fourth-order valence-corrected chi connectivity index (χ4v) is 3.98. The first kappa shape index (κ1) is 23.4. The van der Waals surface area contributed by atoms with Crippen molar-refractivity contribution in [2.45, 2.75) is 20.0 Å². The summed E-state index contributed by atoms with van der Waals surface area (Å²) >= 11 is 10.2. The van der Waals surface area contributed by atoms with Gasteiger partial charge in [0.15, 0.2) is 17.6 Å². The number of hydrogen-bond donors (Lipinski definition) is 1. The average Bonchev–Trinajstić information content (AvgIpc) is 2.73. The first-order valence-electron chi connectivity index (χ1n) is 8.82. The lowest BCUT2D eigenvalue weighted by Gasteiger charge is -2.17. The van der Waals surface area contributed by atoms with Gasteiger partial charge in [-0.3, -0.25) is 4.79 Å². The highest BCUT2D eigenvalue weighted by Crippen LogP contribution is 2.42. The number of aromatic nitrogens is 2. The minimum Gasteiger partial charge on any atom is -0.493 e. The van der Waals surface area contributed by atoms with Crippen molar-refractivity contribution < 1.29 is 19.4 Å². The quantitative estimate of drug-likeness (QED) is 0.401. The second-order valence-corrected chi connectivity index (χ2v) is 8.91. The predicted molar refractivity (Wildman–Crippen MR) is 128 cm³/mol. The third-order valence-electron chi connectivity index (χ3n) is 4.30. The summed E-state index contributed by atoms with van der Waals surface area (Å²) in [6.07, 6.45) is 0.391. The number of benzene rings is 2. The molecule has 1 N–H and O–H groups in total. The van der Waals surface area contributed by atoms with Crippen LogP contribution in [-0.2, 0) is 4.79 Å². The van der Waals surface area contributed by atoms with E-state index in [1.54, 1.807) is 25.1 Å². The fourth-order valence-electron chi connectivity index (χ4n) is 2.70. The molecule has 0 amide bonds. The molecule has 8 nitrogen and oxygen atoms in total. The maximum Gasteiger partial charge on any atom is 0.344 e. The van der Waals surface area contributed by atoms with E-state index < -0.39 is 12.1 Å². The molecule has 0 aliphatic rings. The molecule has 0 spiro atoms. The zero-order chi connectivity index (χ0) is 22.9. The largest absolute Gasteiger partial charge is 0.493 e. The van der Waals surface area contributed by atoms with Crippen LogP contribution in [0.25, 0.3) is 10.9 Å². The number of halogens is 3. The van der Waals surface area contributed by atoms with Crippen molar-refractivity contribution in [2.75, 3.05) is 7.11 Å². The molecule has 3 aromatic rings. The lowest BCUT2D eigenvalue weighted by Crippen LogP contribution is -2.23. The van der Waals surface area contributed by atoms with E-state index in [4.69, 9.17) is 14.6 Å². The van der Waals surface area contributed by atoms with Crippen LogP contribution in [0.1, 0.15) is 18.3 Å². The lowest BCUT2D eigenvalue weighted by molar-refractivity contribution is -0.144. The molecule has 1 heterocycles. The number of methoxy groups -OCH3 is 1. The summed E-state index contributed by atoms with van der Waals surface area (Å²) in [4.78, 5) is 28.5. The molecular weight excluding hydrogens is 602 g/mol. The molecule has 0 aliphatic carbocycles. The van der Waals surface area contributed by atoms with Gasteiger partial charge in [0, 0.05) is 14.5 Å². The molecule has 0 radical (unpaired) electrons. The highest BCUT2D eigenvalue weighted by atomic mass is 79.9. The Balaban J connectivity index is 2.08. The van der Waals surface area contributed by atoms with Crippen molar-refractivity contribution in [3.63, 3.8) is 0 Å². The Labute approximate surface area is 202 Å². The van der Waals surface area contributed by atoms with Crippen molar-refractivity contribution >= 4 is 70.9 Å². The van der Waals surface area contributed by atoms with E-state index in [2.05, 4.69) is 57.9 Å². The SMILES string of the molecule is COc1cc(C=Nn2c(C)nc3ccc(Br)cc3c2=O)c(Br)c(Br)c1O[C@@H](C)C(=O)O. The molecule has 0 unspecified atom stereocenters. The van der Waals surface area contributed by atoms with Gasteiger partial charge in [0.1, 0.15) is 5.82 Å². The van der Waals surface area contributed by atoms with Crippen molar-refractivity contribution in [3.05, 3.63) is 59.4 Å². The van der Waals surface area contributed by atoms with Gasteiger partial charge < -0.3 is 14.6 Å². The van der Waals surface area contributed by atoms with Crippen LogP contribution in [0.3, 0.4) is 0 Å². The van der Waals surface area contributed by atoms with Gasteiger partial charge in [-0.2, -0.15) is 9.78 Å². The number of aryl methyl sites for hydroxylation is 1. The normalized spacial score (nSPS) is 12.3. The molecule has 0 bridgehead atoms. The molecule has 0 fully saturated rings. The Hall–Kier alpha value is -2.24. The molecule has 3 rings (SSSR count). The van der Waals surface area contributed by atoms with E-state index in [0.717, 1.165) is 4.47 Å². The van der Waals surface area contributed by atoms with Gasteiger partial charge in [0.25, 0.3) is 5.56 Å². The molecule has 0 saturated heterocycles. The van der Waals surface area contributed by atoms with Crippen LogP contribution in [0.15, 0.2) is 47.6 Å². The summed E-state index contributed by atoms with van der Waals surface area (Å²) in [5.41, 5.74) is 0.842. The Kier molecular flexibility index (Phi) is 7.17. The minimum absolute atomic E-state index is 0.229. The van der Waals surface area contributed by atoms with Crippen LogP contribution in [0.5, 0.6) is 11.5 Å². The second-order valence-electron chi connectivity index (χ2n) is 6.41. The van der Waals surface area contributed by atoms with Gasteiger partial charge in [-0.1, -0.05) is 15.9 Å². The standard InChI is InChI=1S/C20H16Br3N3O5/c1-9(20(28)29)31-18-15(30-3)6-11(16(22)17(18)23)8-24-26-10(2)25-14-5-4-12(21)7-13(14)19(26)27/h4-9H,1-3H3,(H,28,29)/t9-/m0/s1. The number of rotatable bonds is 6. The van der Waals surface area contributed by atoms with Gasteiger partial charge in [-0.25, -0.2) is 9.78 Å². The van der Waals surface area contributed by atoms with Gasteiger partial charge in [-0.05, 0) is 70.0 Å². The molecule has 1 atom stereocenters. The highest BCUT2D eigenvalue weighted by Gasteiger charge is 2.21. The van der Waals surface area contributed by atoms with Gasteiger partial charge >= 0.3 is 5.97 Å². The Bertz CT molecular complexity index is 1270. The number of fused-ring (bicyclic) bond motifs is 1. The average molecular weight is 618 g/mol. The zero-order valence-corrected chi connectivity index (χ0v) is 21.3. The molecule has 0 saturated carbocycles. The number of ether oxygens (including phenoxy) is 2. The highest BCUT2D eigenvalue weighted by molar-refractivity contribution is 9.13. The van der Waals surface area contributed by atoms with E-state index in [1.165, 1.54) is 24.9 Å². The van der Waals surface area contributed by atoms with Crippen LogP contribution in [-0.4, -0.2) is 40.2 Å². The Morgan fingerprint density at radius 1 is 1.26 bits per heavy atom. The maximum atomic E-state index is 12.9. The predicted octanol–water partition coefficient (Wildman–Crippen LogP) is 4.74. The van der Waals surface area contributed by atoms with Crippen molar-refractivity contribution in [3.8, 4) is 11.5 Å². The van der Waals surface area contributed by atoms with Crippen LogP contribution >= 0.6 is 47.8 Å². The summed E-state index contributed by atoms with van der Waals surface area (Å²) in [5.74, 6) is -0.157.